The Kier molecular flexibility index (Phi) is 3.38. The highest BCUT2D eigenvalue weighted by atomic mass is 19.1. The molecule has 1 N–H and O–H groups in total. The summed E-state index contributed by atoms with van der Waals surface area (Å²) < 4.78 is 26.0. The highest BCUT2D eigenvalue weighted by Crippen LogP contribution is 2.18. The molecule has 0 aliphatic rings. The van der Waals surface area contributed by atoms with Crippen molar-refractivity contribution in [2.45, 2.75) is 13.5 Å². The van der Waals surface area contributed by atoms with Crippen molar-refractivity contribution in [1.82, 2.24) is 0 Å². The van der Waals surface area contributed by atoms with Crippen LogP contribution in [0.2, 0.25) is 0 Å². The predicted molar refractivity (Wildman–Crippen MR) is 64.9 cm³/mol. The molecule has 0 fully saturated rings. The Hall–Kier alpha value is -1.90. The normalized spacial score (nSPS) is 10.3. The average Bonchev–Trinajstić information content (AvgIpc) is 2.33. The third-order valence-electron chi connectivity index (χ3n) is 2.66. The summed E-state index contributed by atoms with van der Waals surface area (Å²) in [6.45, 7) is 2.27. The number of hydrogen-bond donors (Lipinski definition) is 1. The average molecular weight is 233 g/mol. The molecule has 17 heavy (non-hydrogen) atoms. The first-order valence-electron chi connectivity index (χ1n) is 5.40. The van der Waals surface area contributed by atoms with E-state index in [4.69, 9.17) is 0 Å². The Morgan fingerprint density at radius 1 is 1.00 bits per heavy atom. The van der Waals surface area contributed by atoms with Crippen LogP contribution in [0.3, 0.4) is 0 Å². The zero-order valence-electron chi connectivity index (χ0n) is 9.50. The van der Waals surface area contributed by atoms with E-state index in [2.05, 4.69) is 5.32 Å². The lowest BCUT2D eigenvalue weighted by atomic mass is 10.1. The van der Waals surface area contributed by atoms with Gasteiger partial charge in [-0.3, -0.25) is 0 Å². The Labute approximate surface area is 99.1 Å². The minimum atomic E-state index is -0.254. The molecule has 0 bridgehead atoms. The third kappa shape index (κ3) is 2.81. The van der Waals surface area contributed by atoms with Crippen molar-refractivity contribution >= 4 is 5.69 Å². The van der Waals surface area contributed by atoms with Gasteiger partial charge in [0.25, 0.3) is 0 Å². The molecule has 0 amide bonds. The van der Waals surface area contributed by atoms with Crippen LogP contribution in [0.25, 0.3) is 0 Å². The van der Waals surface area contributed by atoms with Gasteiger partial charge in [0.15, 0.2) is 0 Å². The van der Waals surface area contributed by atoms with Crippen molar-refractivity contribution in [2.75, 3.05) is 5.32 Å². The van der Waals surface area contributed by atoms with Crippen LogP contribution in [0.1, 0.15) is 11.1 Å². The predicted octanol–water partition coefficient (Wildman–Crippen LogP) is 3.89. The lowest BCUT2D eigenvalue weighted by Gasteiger charge is -2.10. The standard InChI is InChI=1S/C14H13F2N/c1-10-13(16)3-2-4-14(10)17-9-11-5-7-12(15)8-6-11/h2-8,17H,9H2,1H3. The molecule has 0 atom stereocenters. The maximum Gasteiger partial charge on any atom is 0.128 e. The van der Waals surface area contributed by atoms with Crippen LogP contribution in [0.5, 0.6) is 0 Å². The van der Waals surface area contributed by atoms with Gasteiger partial charge in [0.2, 0.25) is 0 Å². The molecule has 0 saturated carbocycles. The van der Waals surface area contributed by atoms with Crippen LogP contribution < -0.4 is 5.32 Å². The van der Waals surface area contributed by atoms with Gasteiger partial charge in [-0.1, -0.05) is 18.2 Å². The third-order valence-corrected chi connectivity index (χ3v) is 2.66. The van der Waals surface area contributed by atoms with Crippen molar-refractivity contribution in [1.29, 1.82) is 0 Å². The second-order valence-corrected chi connectivity index (χ2v) is 3.89. The fourth-order valence-electron chi connectivity index (χ4n) is 1.60. The molecular weight excluding hydrogens is 220 g/mol. The summed E-state index contributed by atoms with van der Waals surface area (Å²) in [5.41, 5.74) is 2.30. The van der Waals surface area contributed by atoms with Gasteiger partial charge in [-0.05, 0) is 36.8 Å². The fourth-order valence-corrected chi connectivity index (χ4v) is 1.60. The number of nitrogens with one attached hydrogen (secondary N) is 1. The zero-order valence-corrected chi connectivity index (χ0v) is 9.50. The molecule has 0 unspecified atom stereocenters. The van der Waals surface area contributed by atoms with Crippen molar-refractivity contribution in [3.05, 3.63) is 65.2 Å². The smallest absolute Gasteiger partial charge is 0.128 e. The SMILES string of the molecule is Cc1c(F)cccc1NCc1ccc(F)cc1. The number of anilines is 1. The van der Waals surface area contributed by atoms with E-state index in [0.717, 1.165) is 11.3 Å². The molecule has 2 rings (SSSR count). The van der Waals surface area contributed by atoms with Crippen molar-refractivity contribution in [2.24, 2.45) is 0 Å². The monoisotopic (exact) mass is 233 g/mol. The molecule has 0 aliphatic heterocycles. The molecule has 2 aromatic rings. The maximum absolute atomic E-state index is 13.3. The Morgan fingerprint density at radius 3 is 2.41 bits per heavy atom. The lowest BCUT2D eigenvalue weighted by molar-refractivity contribution is 0.619. The highest BCUT2D eigenvalue weighted by molar-refractivity contribution is 5.51. The van der Waals surface area contributed by atoms with Crippen molar-refractivity contribution < 1.29 is 8.78 Å². The number of benzene rings is 2. The highest BCUT2D eigenvalue weighted by Gasteiger charge is 2.02. The molecule has 88 valence electrons. The molecule has 0 aromatic heterocycles. The minimum Gasteiger partial charge on any atom is -0.381 e. The van der Waals surface area contributed by atoms with Gasteiger partial charge in [-0.2, -0.15) is 0 Å². The summed E-state index contributed by atoms with van der Waals surface area (Å²) in [4.78, 5) is 0. The van der Waals surface area contributed by atoms with Crippen molar-refractivity contribution in [3.63, 3.8) is 0 Å². The van der Waals surface area contributed by atoms with E-state index in [1.807, 2.05) is 6.07 Å². The van der Waals surface area contributed by atoms with E-state index in [-0.39, 0.29) is 11.6 Å². The fraction of sp³-hybridized carbons (Fsp3) is 0.143. The first-order valence-corrected chi connectivity index (χ1v) is 5.40. The van der Waals surface area contributed by atoms with Gasteiger partial charge < -0.3 is 5.32 Å². The first kappa shape index (κ1) is 11.6. The Bertz CT molecular complexity index is 506. The lowest BCUT2D eigenvalue weighted by Crippen LogP contribution is -2.02. The molecule has 0 radical (unpaired) electrons. The molecule has 0 heterocycles. The quantitative estimate of drug-likeness (QED) is 0.848. The summed E-state index contributed by atoms with van der Waals surface area (Å²) in [7, 11) is 0. The Morgan fingerprint density at radius 2 is 1.71 bits per heavy atom. The molecule has 0 saturated heterocycles. The van der Waals surface area contributed by atoms with E-state index >= 15 is 0 Å². The number of hydrogen-bond acceptors (Lipinski definition) is 1. The summed E-state index contributed by atoms with van der Waals surface area (Å²) in [6, 6.07) is 11.1. The van der Waals surface area contributed by atoms with E-state index in [9.17, 15) is 8.78 Å². The first-order chi connectivity index (χ1) is 8.16. The van der Waals surface area contributed by atoms with E-state index in [0.29, 0.717) is 12.1 Å². The van der Waals surface area contributed by atoms with Gasteiger partial charge in [0.1, 0.15) is 11.6 Å². The Balaban J connectivity index is 2.07. The van der Waals surface area contributed by atoms with Crippen LogP contribution in [0.15, 0.2) is 42.5 Å². The van der Waals surface area contributed by atoms with Crippen LogP contribution in [0.4, 0.5) is 14.5 Å². The molecule has 2 aromatic carbocycles. The molecule has 0 spiro atoms. The van der Waals surface area contributed by atoms with E-state index < -0.39 is 0 Å². The molecule has 0 aliphatic carbocycles. The second kappa shape index (κ2) is 4.95. The van der Waals surface area contributed by atoms with E-state index in [1.165, 1.54) is 18.2 Å². The van der Waals surface area contributed by atoms with Crippen LogP contribution in [0, 0.1) is 18.6 Å². The zero-order chi connectivity index (χ0) is 12.3. The minimum absolute atomic E-state index is 0.228. The van der Waals surface area contributed by atoms with Gasteiger partial charge in [-0.25, -0.2) is 8.78 Å². The summed E-state index contributed by atoms with van der Waals surface area (Å²) in [5.74, 6) is -0.482. The van der Waals surface area contributed by atoms with E-state index in [1.54, 1.807) is 25.1 Å². The van der Waals surface area contributed by atoms with Crippen molar-refractivity contribution in [3.8, 4) is 0 Å². The second-order valence-electron chi connectivity index (χ2n) is 3.89. The van der Waals surface area contributed by atoms with Gasteiger partial charge in [0, 0.05) is 17.8 Å². The van der Waals surface area contributed by atoms with Gasteiger partial charge in [-0.15, -0.1) is 0 Å². The van der Waals surface area contributed by atoms with Crippen LogP contribution in [-0.4, -0.2) is 0 Å². The largest absolute Gasteiger partial charge is 0.381 e. The van der Waals surface area contributed by atoms with Crippen LogP contribution in [-0.2, 0) is 6.54 Å². The molecular formula is C14H13F2N. The number of rotatable bonds is 3. The molecule has 3 heteroatoms. The summed E-state index contributed by atoms with van der Waals surface area (Å²) in [6.07, 6.45) is 0. The van der Waals surface area contributed by atoms with Gasteiger partial charge >= 0.3 is 0 Å². The summed E-state index contributed by atoms with van der Waals surface area (Å²) in [5, 5.41) is 3.13. The maximum atomic E-state index is 13.3. The summed E-state index contributed by atoms with van der Waals surface area (Å²) >= 11 is 0. The van der Waals surface area contributed by atoms with Gasteiger partial charge in [0.05, 0.1) is 0 Å². The number of halogens is 2. The molecule has 1 nitrogen and oxygen atoms in total. The van der Waals surface area contributed by atoms with Crippen LogP contribution >= 0.6 is 0 Å². The topological polar surface area (TPSA) is 12.0 Å².